The molecule has 4 rings (SSSR count). The number of rotatable bonds is 6. The highest BCUT2D eigenvalue weighted by atomic mass is 35.5. The van der Waals surface area contributed by atoms with Crippen LogP contribution in [0.3, 0.4) is 0 Å². The van der Waals surface area contributed by atoms with E-state index < -0.39 is 69.2 Å². The molecule has 1 saturated carbocycles. The molecule has 1 fully saturated rings. The maximum absolute atomic E-state index is 14.2. The van der Waals surface area contributed by atoms with E-state index in [0.29, 0.717) is 12.1 Å². The van der Waals surface area contributed by atoms with Crippen LogP contribution in [0.5, 0.6) is 0 Å². The molecule has 0 spiro atoms. The molecule has 3 aromatic rings. The molecule has 13 heteroatoms. The Hall–Kier alpha value is -2.95. The Morgan fingerprint density at radius 3 is 2.29 bits per heavy atom. The van der Waals surface area contributed by atoms with Crippen LogP contribution >= 0.6 is 34.8 Å². The summed E-state index contributed by atoms with van der Waals surface area (Å²) in [6.07, 6.45) is -5.49. The van der Waals surface area contributed by atoms with Crippen LogP contribution in [-0.4, -0.2) is 16.0 Å². The van der Waals surface area contributed by atoms with E-state index in [1.807, 2.05) is 0 Å². The van der Waals surface area contributed by atoms with Crippen molar-refractivity contribution in [3.8, 4) is 0 Å². The molecule has 0 bridgehead atoms. The summed E-state index contributed by atoms with van der Waals surface area (Å²) >= 11 is 18.5. The molecule has 1 aliphatic rings. The molecule has 200 valence electrons. The van der Waals surface area contributed by atoms with Gasteiger partial charge in [-0.3, -0.25) is 9.59 Å². The smallest absolute Gasteiger partial charge is 0.394 e. The molecule has 2 atom stereocenters. The standard InChI is InChI=1S/C25H15Cl3F6N2O2/c26-15-4-3-12(9-13(15)18(37)8-11-2-6-17(30)22(35)21(11)31)36-23(38)20-19(24(20,27)28)10-1-5-16(29)14(7-10)25(32,33)34/h1-7,9,19-20H,8,35H2,(H,36,38). The molecule has 3 aromatic carbocycles. The molecule has 0 heterocycles. The number of nitrogens with one attached hydrogen (secondary N) is 1. The van der Waals surface area contributed by atoms with Crippen molar-refractivity contribution in [3.05, 3.63) is 93.3 Å². The predicted octanol–water partition coefficient (Wildman–Crippen LogP) is 7.31. The van der Waals surface area contributed by atoms with E-state index in [-0.39, 0.29) is 27.4 Å². The van der Waals surface area contributed by atoms with E-state index in [2.05, 4.69) is 5.32 Å². The maximum Gasteiger partial charge on any atom is 0.419 e. The SMILES string of the molecule is Nc1c(F)ccc(CC(=O)c2cc(NC(=O)C3C(c4ccc(F)c(C(F)(F)F)c4)C3(Cl)Cl)ccc2Cl)c1F. The van der Waals surface area contributed by atoms with Gasteiger partial charge in [0, 0.05) is 23.6 Å². The first-order valence-corrected chi connectivity index (χ1v) is 11.9. The summed E-state index contributed by atoms with van der Waals surface area (Å²) in [7, 11) is 0. The Balaban J connectivity index is 1.53. The quantitative estimate of drug-likeness (QED) is 0.136. The monoisotopic (exact) mass is 594 g/mol. The van der Waals surface area contributed by atoms with Crippen LogP contribution in [0.1, 0.15) is 33.0 Å². The third-order valence-corrected chi connectivity index (χ3v) is 7.35. The number of nitrogens with two attached hydrogens (primary N) is 1. The molecule has 2 unspecified atom stereocenters. The lowest BCUT2D eigenvalue weighted by Gasteiger charge is -2.11. The van der Waals surface area contributed by atoms with E-state index in [1.165, 1.54) is 18.2 Å². The van der Waals surface area contributed by atoms with Gasteiger partial charge in [-0.25, -0.2) is 13.2 Å². The summed E-state index contributed by atoms with van der Waals surface area (Å²) in [5.74, 6) is -7.29. The van der Waals surface area contributed by atoms with Crippen molar-refractivity contribution in [3.63, 3.8) is 0 Å². The van der Waals surface area contributed by atoms with Crippen molar-refractivity contribution in [2.45, 2.75) is 22.8 Å². The number of alkyl halides is 5. The molecule has 0 radical (unpaired) electrons. The zero-order valence-corrected chi connectivity index (χ0v) is 21.0. The number of carbonyl (C=O) groups is 2. The van der Waals surface area contributed by atoms with E-state index in [9.17, 15) is 35.9 Å². The lowest BCUT2D eigenvalue weighted by molar-refractivity contribution is -0.140. The topological polar surface area (TPSA) is 72.2 Å². The number of ketones is 1. The molecule has 0 aliphatic heterocycles. The molecule has 1 amide bonds. The Labute approximate surface area is 226 Å². The number of anilines is 2. The third kappa shape index (κ3) is 5.30. The van der Waals surface area contributed by atoms with Gasteiger partial charge in [0.25, 0.3) is 0 Å². The van der Waals surface area contributed by atoms with E-state index in [4.69, 9.17) is 40.5 Å². The Kier molecular flexibility index (Phi) is 7.37. The predicted molar refractivity (Wildman–Crippen MR) is 131 cm³/mol. The van der Waals surface area contributed by atoms with Gasteiger partial charge in [-0.1, -0.05) is 23.7 Å². The first-order valence-electron chi connectivity index (χ1n) is 10.7. The highest BCUT2D eigenvalue weighted by Crippen LogP contribution is 2.65. The van der Waals surface area contributed by atoms with Crippen molar-refractivity contribution in [2.75, 3.05) is 11.1 Å². The fourth-order valence-corrected chi connectivity index (χ4v) is 5.13. The summed E-state index contributed by atoms with van der Waals surface area (Å²) in [5.41, 5.74) is 2.76. The number of hydrogen-bond acceptors (Lipinski definition) is 3. The average molecular weight is 596 g/mol. The van der Waals surface area contributed by atoms with Gasteiger partial charge in [-0.15, -0.1) is 23.2 Å². The Morgan fingerprint density at radius 1 is 0.974 bits per heavy atom. The van der Waals surface area contributed by atoms with Crippen LogP contribution in [0.4, 0.5) is 37.7 Å². The lowest BCUT2D eigenvalue weighted by Crippen LogP contribution is -2.17. The van der Waals surface area contributed by atoms with Crippen molar-refractivity contribution in [1.29, 1.82) is 0 Å². The molecule has 0 saturated heterocycles. The summed E-state index contributed by atoms with van der Waals surface area (Å²) in [6, 6.07) is 8.03. The van der Waals surface area contributed by atoms with E-state index in [1.54, 1.807) is 0 Å². The number of carbonyl (C=O) groups excluding carboxylic acids is 2. The average Bonchev–Trinajstić information content (AvgIpc) is 3.42. The van der Waals surface area contributed by atoms with Gasteiger partial charge in [0.1, 0.15) is 21.7 Å². The second-order valence-corrected chi connectivity index (χ2v) is 10.4. The van der Waals surface area contributed by atoms with Crippen LogP contribution in [0.25, 0.3) is 0 Å². The zero-order valence-electron chi connectivity index (χ0n) is 18.8. The number of amides is 1. The van der Waals surface area contributed by atoms with Gasteiger partial charge >= 0.3 is 6.18 Å². The van der Waals surface area contributed by atoms with Gasteiger partial charge in [-0.2, -0.15) is 13.2 Å². The number of nitrogen functional groups attached to an aromatic ring is 1. The number of halogens is 9. The van der Waals surface area contributed by atoms with Gasteiger partial charge in [0.2, 0.25) is 5.91 Å². The molecular weight excluding hydrogens is 581 g/mol. The minimum absolute atomic E-state index is 0.0252. The summed E-state index contributed by atoms with van der Waals surface area (Å²) in [5, 5.41) is 2.45. The van der Waals surface area contributed by atoms with Crippen LogP contribution in [-0.2, 0) is 17.4 Å². The molecule has 38 heavy (non-hydrogen) atoms. The summed E-state index contributed by atoms with van der Waals surface area (Å²) in [4.78, 5) is 25.7. The van der Waals surface area contributed by atoms with Gasteiger partial charge in [-0.05, 0) is 47.5 Å². The molecule has 4 nitrogen and oxygen atoms in total. The second kappa shape index (κ2) is 9.98. The lowest BCUT2D eigenvalue weighted by atomic mass is 10.0. The Bertz CT molecular complexity index is 1460. The first-order chi connectivity index (χ1) is 17.6. The second-order valence-electron chi connectivity index (χ2n) is 8.58. The van der Waals surface area contributed by atoms with E-state index in [0.717, 1.165) is 18.2 Å². The minimum atomic E-state index is -4.97. The fourth-order valence-electron chi connectivity index (χ4n) is 4.08. The van der Waals surface area contributed by atoms with Crippen molar-refractivity contribution >= 4 is 57.9 Å². The summed E-state index contributed by atoms with van der Waals surface area (Å²) < 4.78 is 78.9. The molecule has 1 aliphatic carbocycles. The molecular formula is C25H15Cl3F6N2O2. The normalized spacial score (nSPS) is 18.2. The van der Waals surface area contributed by atoms with Crippen LogP contribution in [0.15, 0.2) is 48.5 Å². The van der Waals surface area contributed by atoms with Gasteiger partial charge in [0.05, 0.1) is 16.5 Å². The Morgan fingerprint density at radius 2 is 1.63 bits per heavy atom. The minimum Gasteiger partial charge on any atom is -0.394 e. The van der Waals surface area contributed by atoms with Gasteiger partial charge in [0.15, 0.2) is 11.6 Å². The highest BCUT2D eigenvalue weighted by molar-refractivity contribution is 6.53. The highest BCUT2D eigenvalue weighted by Gasteiger charge is 2.67. The van der Waals surface area contributed by atoms with Crippen molar-refractivity contribution in [2.24, 2.45) is 5.92 Å². The van der Waals surface area contributed by atoms with Crippen LogP contribution < -0.4 is 11.1 Å². The van der Waals surface area contributed by atoms with Crippen LogP contribution in [0.2, 0.25) is 5.02 Å². The largest absolute Gasteiger partial charge is 0.419 e. The third-order valence-electron chi connectivity index (χ3n) is 6.08. The molecule has 0 aromatic heterocycles. The zero-order chi connectivity index (χ0) is 28.2. The number of Topliss-reactive ketones (excluding diaryl/α,β-unsaturated/α-hetero) is 1. The van der Waals surface area contributed by atoms with Crippen molar-refractivity contribution in [1.82, 2.24) is 0 Å². The number of benzene rings is 3. The molecule has 3 N–H and O–H groups in total. The van der Waals surface area contributed by atoms with Gasteiger partial charge < -0.3 is 11.1 Å². The maximum atomic E-state index is 14.2. The first kappa shape index (κ1) is 28.1. The summed E-state index contributed by atoms with van der Waals surface area (Å²) in [6.45, 7) is 0. The fraction of sp³-hybridized carbons (Fsp3) is 0.200. The number of hydrogen-bond donors (Lipinski definition) is 2. The van der Waals surface area contributed by atoms with E-state index >= 15 is 0 Å². The van der Waals surface area contributed by atoms with Crippen molar-refractivity contribution < 1.29 is 35.9 Å². The van der Waals surface area contributed by atoms with Crippen LogP contribution in [0, 0.1) is 23.4 Å².